The van der Waals surface area contributed by atoms with Gasteiger partial charge in [0.2, 0.25) is 0 Å². The van der Waals surface area contributed by atoms with Crippen molar-refractivity contribution < 1.29 is 23.8 Å². The average Bonchev–Trinajstić information content (AvgIpc) is 2.62. The van der Waals surface area contributed by atoms with Crippen LogP contribution in [0.15, 0.2) is 48.2 Å². The van der Waals surface area contributed by atoms with Gasteiger partial charge in [-0.05, 0) is 81.6 Å². The Morgan fingerprint density at radius 3 is 2.21 bits per heavy atom. The monoisotopic (exact) mass is 384 g/mol. The minimum absolute atomic E-state index is 0.0706. The zero-order chi connectivity index (χ0) is 20.7. The molecule has 0 amide bonds. The molecule has 0 fully saturated rings. The summed E-state index contributed by atoms with van der Waals surface area (Å²) in [5.41, 5.74) is -0.198. The molecule has 148 valence electrons. The maximum absolute atomic E-state index is 13.1. The molecule has 1 aliphatic rings. The first-order valence-electron chi connectivity index (χ1n) is 9.30. The van der Waals surface area contributed by atoms with Gasteiger partial charge >= 0.3 is 0 Å². The summed E-state index contributed by atoms with van der Waals surface area (Å²) in [7, 11) is 0. The normalized spacial score (nSPS) is 18.3. The number of aliphatic hydroxyl groups is 1. The standard InChI is InChI=1S/C23H25FO4/c1-6-14-13-17(27-16-9-7-15(24)8-10-16)11-12-18(14)19-20(25)22(2,3)28-23(4,5)21(19)26/h7-13,25H,6H2,1-5H3. The Hall–Kier alpha value is -2.66. The number of aliphatic hydroxyl groups excluding tert-OH is 1. The van der Waals surface area contributed by atoms with Gasteiger partial charge in [0, 0.05) is 0 Å². The predicted octanol–water partition coefficient (Wildman–Crippen LogP) is 5.61. The third kappa shape index (κ3) is 3.67. The molecule has 0 spiro atoms. The number of hydrogen-bond acceptors (Lipinski definition) is 4. The molecule has 2 aromatic carbocycles. The molecule has 0 atom stereocenters. The molecule has 4 nitrogen and oxygen atoms in total. The molecular weight excluding hydrogens is 359 g/mol. The Morgan fingerprint density at radius 1 is 1.00 bits per heavy atom. The highest BCUT2D eigenvalue weighted by atomic mass is 19.1. The van der Waals surface area contributed by atoms with E-state index in [1.54, 1.807) is 52.0 Å². The number of benzene rings is 2. The lowest BCUT2D eigenvalue weighted by Crippen LogP contribution is -2.49. The van der Waals surface area contributed by atoms with Gasteiger partial charge in [-0.3, -0.25) is 4.79 Å². The van der Waals surface area contributed by atoms with E-state index in [9.17, 15) is 14.3 Å². The fraction of sp³-hybridized carbons (Fsp3) is 0.348. The molecule has 5 heteroatoms. The molecule has 0 aliphatic carbocycles. The molecule has 0 aromatic heterocycles. The summed E-state index contributed by atoms with van der Waals surface area (Å²) in [4.78, 5) is 13.0. The number of carbonyl (C=O) groups is 1. The molecule has 1 N–H and O–H groups in total. The quantitative estimate of drug-likeness (QED) is 0.745. The fourth-order valence-corrected chi connectivity index (χ4v) is 3.50. The Balaban J connectivity index is 2.04. The second-order valence-corrected chi connectivity index (χ2v) is 7.90. The Kier molecular flexibility index (Phi) is 5.06. The van der Waals surface area contributed by atoms with Crippen LogP contribution in [0.25, 0.3) is 5.57 Å². The van der Waals surface area contributed by atoms with Crippen molar-refractivity contribution in [1.29, 1.82) is 0 Å². The van der Waals surface area contributed by atoms with Crippen LogP contribution in [0.5, 0.6) is 11.5 Å². The fourth-order valence-electron chi connectivity index (χ4n) is 3.50. The van der Waals surface area contributed by atoms with E-state index in [0.29, 0.717) is 23.5 Å². The highest BCUT2D eigenvalue weighted by Gasteiger charge is 2.47. The van der Waals surface area contributed by atoms with Gasteiger partial charge in [-0.1, -0.05) is 13.0 Å². The van der Waals surface area contributed by atoms with Crippen molar-refractivity contribution in [2.24, 2.45) is 0 Å². The number of rotatable bonds is 4. The van der Waals surface area contributed by atoms with Crippen LogP contribution in [0.4, 0.5) is 4.39 Å². The van der Waals surface area contributed by atoms with Gasteiger partial charge in [0.05, 0.1) is 5.57 Å². The zero-order valence-electron chi connectivity index (χ0n) is 16.8. The molecule has 0 saturated carbocycles. The summed E-state index contributed by atoms with van der Waals surface area (Å²) in [5.74, 6) is 0.431. The summed E-state index contributed by atoms with van der Waals surface area (Å²) in [5, 5.41) is 10.8. The van der Waals surface area contributed by atoms with Crippen molar-refractivity contribution in [2.45, 2.75) is 52.2 Å². The van der Waals surface area contributed by atoms with E-state index in [-0.39, 0.29) is 22.9 Å². The van der Waals surface area contributed by atoms with Gasteiger partial charge in [0.1, 0.15) is 34.3 Å². The van der Waals surface area contributed by atoms with Crippen LogP contribution < -0.4 is 4.74 Å². The van der Waals surface area contributed by atoms with E-state index < -0.39 is 11.2 Å². The highest BCUT2D eigenvalue weighted by Crippen LogP contribution is 2.41. The number of ether oxygens (including phenoxy) is 2. The summed E-state index contributed by atoms with van der Waals surface area (Å²) in [6.45, 7) is 8.88. The molecule has 2 aromatic rings. The van der Waals surface area contributed by atoms with Gasteiger partial charge in [-0.2, -0.15) is 0 Å². The highest BCUT2D eigenvalue weighted by molar-refractivity contribution is 6.26. The van der Waals surface area contributed by atoms with Crippen LogP contribution in [0.2, 0.25) is 0 Å². The molecule has 0 saturated heterocycles. The van der Waals surface area contributed by atoms with Crippen molar-refractivity contribution in [3.05, 3.63) is 65.2 Å². The molecule has 28 heavy (non-hydrogen) atoms. The molecule has 0 unspecified atom stereocenters. The topological polar surface area (TPSA) is 55.8 Å². The van der Waals surface area contributed by atoms with Crippen LogP contribution in [0.3, 0.4) is 0 Å². The van der Waals surface area contributed by atoms with E-state index in [1.165, 1.54) is 12.1 Å². The van der Waals surface area contributed by atoms with Crippen molar-refractivity contribution in [1.82, 2.24) is 0 Å². The van der Waals surface area contributed by atoms with E-state index in [1.807, 2.05) is 13.0 Å². The van der Waals surface area contributed by atoms with Gasteiger partial charge in [0.15, 0.2) is 5.78 Å². The SMILES string of the molecule is CCc1cc(Oc2ccc(F)cc2)ccc1C1=C(O)C(C)(C)OC(C)(C)C1=O. The minimum atomic E-state index is -1.04. The van der Waals surface area contributed by atoms with Crippen molar-refractivity contribution >= 4 is 11.4 Å². The maximum atomic E-state index is 13.1. The van der Waals surface area contributed by atoms with Crippen LogP contribution in [0.1, 0.15) is 45.7 Å². The summed E-state index contributed by atoms with van der Waals surface area (Å²) in [6, 6.07) is 11.1. The number of carbonyl (C=O) groups excluding carboxylic acids is 1. The Bertz CT molecular complexity index is 940. The first kappa shape index (κ1) is 20.1. The largest absolute Gasteiger partial charge is 0.508 e. The van der Waals surface area contributed by atoms with Gasteiger partial charge in [-0.25, -0.2) is 4.39 Å². The number of aryl methyl sites for hydroxylation is 1. The second-order valence-electron chi connectivity index (χ2n) is 7.90. The van der Waals surface area contributed by atoms with Crippen LogP contribution in [-0.4, -0.2) is 22.1 Å². The number of Topliss-reactive ketones (excluding diaryl/α,β-unsaturated/α-hetero) is 1. The first-order valence-corrected chi connectivity index (χ1v) is 9.30. The van der Waals surface area contributed by atoms with Crippen molar-refractivity contribution in [3.63, 3.8) is 0 Å². The number of hydrogen-bond donors (Lipinski definition) is 1. The van der Waals surface area contributed by atoms with Gasteiger partial charge < -0.3 is 14.6 Å². The Morgan fingerprint density at radius 2 is 1.61 bits per heavy atom. The third-order valence-corrected chi connectivity index (χ3v) is 4.87. The van der Waals surface area contributed by atoms with E-state index in [0.717, 1.165) is 5.56 Å². The lowest BCUT2D eigenvalue weighted by Gasteiger charge is -2.40. The van der Waals surface area contributed by atoms with Crippen LogP contribution in [0, 0.1) is 5.82 Å². The maximum Gasteiger partial charge on any atom is 0.198 e. The average molecular weight is 384 g/mol. The lowest BCUT2D eigenvalue weighted by atomic mass is 9.81. The second kappa shape index (κ2) is 7.06. The summed E-state index contributed by atoms with van der Waals surface area (Å²) >= 11 is 0. The van der Waals surface area contributed by atoms with Gasteiger partial charge in [0.25, 0.3) is 0 Å². The molecule has 1 aliphatic heterocycles. The molecule has 0 bridgehead atoms. The van der Waals surface area contributed by atoms with Crippen molar-refractivity contribution in [2.75, 3.05) is 0 Å². The van der Waals surface area contributed by atoms with Gasteiger partial charge in [-0.15, -0.1) is 0 Å². The van der Waals surface area contributed by atoms with Crippen LogP contribution in [-0.2, 0) is 16.0 Å². The first-order chi connectivity index (χ1) is 13.0. The smallest absolute Gasteiger partial charge is 0.198 e. The molecule has 0 radical (unpaired) electrons. The van der Waals surface area contributed by atoms with E-state index in [2.05, 4.69) is 0 Å². The van der Waals surface area contributed by atoms with Crippen molar-refractivity contribution in [3.8, 4) is 11.5 Å². The predicted molar refractivity (Wildman–Crippen MR) is 106 cm³/mol. The number of ketones is 1. The molecular formula is C23H25FO4. The molecule has 1 heterocycles. The molecule has 3 rings (SSSR count). The third-order valence-electron chi connectivity index (χ3n) is 4.87. The van der Waals surface area contributed by atoms with E-state index >= 15 is 0 Å². The number of halogens is 1. The summed E-state index contributed by atoms with van der Waals surface area (Å²) < 4.78 is 24.7. The zero-order valence-corrected chi connectivity index (χ0v) is 16.8. The Labute approximate surface area is 164 Å². The summed E-state index contributed by atoms with van der Waals surface area (Å²) in [6.07, 6.45) is 0.641. The van der Waals surface area contributed by atoms with Crippen LogP contribution >= 0.6 is 0 Å². The van der Waals surface area contributed by atoms with E-state index in [4.69, 9.17) is 9.47 Å². The lowest BCUT2D eigenvalue weighted by molar-refractivity contribution is -0.158. The minimum Gasteiger partial charge on any atom is -0.508 e.